The van der Waals surface area contributed by atoms with Crippen molar-refractivity contribution in [1.29, 1.82) is 0 Å². The highest BCUT2D eigenvalue weighted by atomic mass is 32.1. The molecule has 0 saturated carbocycles. The minimum Gasteiger partial charge on any atom is -0.481 e. The summed E-state index contributed by atoms with van der Waals surface area (Å²) in [6, 6.07) is 7.95. The van der Waals surface area contributed by atoms with E-state index >= 15 is 0 Å². The van der Waals surface area contributed by atoms with Gasteiger partial charge >= 0.3 is 5.97 Å². The number of carboxylic acid groups (broad SMARTS) is 1. The van der Waals surface area contributed by atoms with Crippen LogP contribution in [-0.2, 0) is 4.79 Å². The molecule has 0 fully saturated rings. The number of hydrogen-bond acceptors (Lipinski definition) is 5. The van der Waals surface area contributed by atoms with E-state index in [1.165, 1.54) is 0 Å². The molecule has 112 valence electrons. The Labute approximate surface area is 135 Å². The predicted octanol–water partition coefficient (Wildman–Crippen LogP) is 4.47. The van der Waals surface area contributed by atoms with Crippen LogP contribution in [0.5, 0.6) is 0 Å². The minimum atomic E-state index is -0.798. The maximum absolute atomic E-state index is 10.9. The highest BCUT2D eigenvalue weighted by Gasteiger charge is 2.12. The van der Waals surface area contributed by atoms with Crippen LogP contribution in [0.2, 0.25) is 0 Å². The number of aliphatic carboxylic acids is 1. The number of rotatable bonds is 5. The van der Waals surface area contributed by atoms with Crippen LogP contribution in [0.1, 0.15) is 28.4 Å². The van der Waals surface area contributed by atoms with Crippen molar-refractivity contribution >= 4 is 50.5 Å². The summed E-state index contributed by atoms with van der Waals surface area (Å²) in [4.78, 5) is 20.9. The normalized spacial score (nSPS) is 12.0. The van der Waals surface area contributed by atoms with Crippen molar-refractivity contribution < 1.29 is 9.90 Å². The third kappa shape index (κ3) is 3.23. The van der Waals surface area contributed by atoms with E-state index < -0.39 is 5.97 Å². The SMILES string of the molecule is Cc1ncsc1/C=C(/CCC(=O)O)c1nc2ccccc2s1. The van der Waals surface area contributed by atoms with Crippen molar-refractivity contribution in [3.05, 3.63) is 45.4 Å². The molecule has 0 spiro atoms. The van der Waals surface area contributed by atoms with Crippen LogP contribution in [0.15, 0.2) is 29.8 Å². The van der Waals surface area contributed by atoms with E-state index in [9.17, 15) is 4.79 Å². The molecule has 1 N–H and O–H groups in total. The zero-order chi connectivity index (χ0) is 15.5. The largest absolute Gasteiger partial charge is 0.481 e. The highest BCUT2D eigenvalue weighted by Crippen LogP contribution is 2.32. The first-order valence-electron chi connectivity index (χ1n) is 6.82. The molecule has 0 bridgehead atoms. The maximum atomic E-state index is 10.9. The fourth-order valence-electron chi connectivity index (χ4n) is 2.10. The standard InChI is InChI=1S/C16H14N2O2S2/c1-10-14(21-9-17-10)8-11(6-7-15(19)20)16-18-12-4-2-3-5-13(12)22-16/h2-5,8-9H,6-7H2,1H3,(H,19,20)/b11-8-. The molecule has 0 atom stereocenters. The van der Waals surface area contributed by atoms with Crippen LogP contribution >= 0.6 is 22.7 Å². The van der Waals surface area contributed by atoms with Gasteiger partial charge in [0.1, 0.15) is 5.01 Å². The molecule has 1 aromatic carbocycles. The Morgan fingerprint density at radius 2 is 2.14 bits per heavy atom. The molecule has 0 amide bonds. The van der Waals surface area contributed by atoms with Gasteiger partial charge in [-0.05, 0) is 37.1 Å². The van der Waals surface area contributed by atoms with Gasteiger partial charge in [-0.15, -0.1) is 22.7 Å². The number of thiazole rings is 2. The molecule has 0 aliphatic heterocycles. The first-order chi connectivity index (χ1) is 10.6. The lowest BCUT2D eigenvalue weighted by atomic mass is 10.1. The van der Waals surface area contributed by atoms with Crippen LogP contribution < -0.4 is 0 Å². The van der Waals surface area contributed by atoms with Crippen molar-refractivity contribution in [2.75, 3.05) is 0 Å². The number of para-hydroxylation sites is 1. The number of nitrogens with zero attached hydrogens (tertiary/aromatic N) is 2. The summed E-state index contributed by atoms with van der Waals surface area (Å²) < 4.78 is 1.11. The van der Waals surface area contributed by atoms with Crippen molar-refractivity contribution in [3.63, 3.8) is 0 Å². The first kappa shape index (κ1) is 14.9. The number of aromatic nitrogens is 2. The summed E-state index contributed by atoms with van der Waals surface area (Å²) >= 11 is 3.15. The Balaban J connectivity index is 2.02. The van der Waals surface area contributed by atoms with Gasteiger partial charge in [-0.3, -0.25) is 4.79 Å². The molecule has 3 aromatic rings. The molecule has 0 radical (unpaired) electrons. The lowest BCUT2D eigenvalue weighted by molar-refractivity contribution is -0.136. The summed E-state index contributed by atoms with van der Waals surface area (Å²) in [6.45, 7) is 1.95. The van der Waals surface area contributed by atoms with Gasteiger partial charge in [-0.1, -0.05) is 12.1 Å². The third-order valence-corrected chi connectivity index (χ3v) is 5.25. The lowest BCUT2D eigenvalue weighted by Crippen LogP contribution is -1.95. The van der Waals surface area contributed by atoms with E-state index in [1.54, 1.807) is 28.2 Å². The number of hydrogen-bond donors (Lipinski definition) is 1. The van der Waals surface area contributed by atoms with Crippen LogP contribution in [0.3, 0.4) is 0 Å². The summed E-state index contributed by atoms with van der Waals surface area (Å²) in [7, 11) is 0. The van der Waals surface area contributed by atoms with Crippen LogP contribution in [-0.4, -0.2) is 21.0 Å². The lowest BCUT2D eigenvalue weighted by Gasteiger charge is -2.02. The average molecular weight is 330 g/mol. The predicted molar refractivity (Wildman–Crippen MR) is 91.2 cm³/mol. The fraction of sp³-hybridized carbons (Fsp3) is 0.188. The topological polar surface area (TPSA) is 63.1 Å². The summed E-state index contributed by atoms with van der Waals surface area (Å²) in [5.41, 5.74) is 4.66. The third-order valence-electron chi connectivity index (χ3n) is 3.26. The zero-order valence-corrected chi connectivity index (χ0v) is 13.6. The molecule has 2 heterocycles. The quantitative estimate of drug-likeness (QED) is 0.750. The van der Waals surface area contributed by atoms with Gasteiger partial charge in [0, 0.05) is 6.42 Å². The van der Waals surface area contributed by atoms with E-state index in [0.29, 0.717) is 6.42 Å². The van der Waals surface area contributed by atoms with E-state index in [2.05, 4.69) is 9.97 Å². The summed E-state index contributed by atoms with van der Waals surface area (Å²) in [6.07, 6.45) is 2.58. The van der Waals surface area contributed by atoms with Crippen LogP contribution in [0.25, 0.3) is 21.9 Å². The van der Waals surface area contributed by atoms with Crippen molar-refractivity contribution in [2.24, 2.45) is 0 Å². The second-order valence-corrected chi connectivity index (χ2v) is 6.77. The molecule has 0 aliphatic carbocycles. The minimum absolute atomic E-state index is 0.0968. The molecule has 6 heteroatoms. The Morgan fingerprint density at radius 3 is 2.82 bits per heavy atom. The van der Waals surface area contributed by atoms with E-state index in [1.807, 2.05) is 37.3 Å². The second kappa shape index (κ2) is 6.37. The maximum Gasteiger partial charge on any atom is 0.303 e. The van der Waals surface area contributed by atoms with Crippen molar-refractivity contribution in [2.45, 2.75) is 19.8 Å². The molecular formula is C16H14N2O2S2. The number of benzene rings is 1. The Bertz CT molecular complexity index is 816. The number of carbonyl (C=O) groups is 1. The van der Waals surface area contributed by atoms with Gasteiger partial charge in [0.05, 0.1) is 26.3 Å². The van der Waals surface area contributed by atoms with Gasteiger partial charge < -0.3 is 5.11 Å². The highest BCUT2D eigenvalue weighted by molar-refractivity contribution is 7.19. The Kier molecular flexibility index (Phi) is 4.31. The van der Waals surface area contributed by atoms with E-state index in [-0.39, 0.29) is 6.42 Å². The molecule has 0 saturated heterocycles. The zero-order valence-electron chi connectivity index (χ0n) is 11.9. The van der Waals surface area contributed by atoms with Gasteiger partial charge in [0.25, 0.3) is 0 Å². The molecule has 4 nitrogen and oxygen atoms in total. The average Bonchev–Trinajstić information content (AvgIpc) is 3.09. The first-order valence-corrected chi connectivity index (χ1v) is 8.51. The number of carboxylic acids is 1. The van der Waals surface area contributed by atoms with Crippen LogP contribution in [0.4, 0.5) is 0 Å². The molecule has 0 unspecified atom stereocenters. The van der Waals surface area contributed by atoms with Gasteiger partial charge in [0.2, 0.25) is 0 Å². The second-order valence-electron chi connectivity index (χ2n) is 4.85. The van der Waals surface area contributed by atoms with Gasteiger partial charge in [0.15, 0.2) is 0 Å². The molecule has 3 rings (SSSR count). The summed E-state index contributed by atoms with van der Waals surface area (Å²) in [5, 5.41) is 9.86. The van der Waals surface area contributed by atoms with Gasteiger partial charge in [-0.2, -0.15) is 0 Å². The fourth-order valence-corrected chi connectivity index (χ4v) is 3.87. The Hall–Kier alpha value is -2.05. The summed E-state index contributed by atoms with van der Waals surface area (Å²) in [5.74, 6) is -0.798. The Morgan fingerprint density at radius 1 is 1.32 bits per heavy atom. The molecule has 0 aliphatic rings. The van der Waals surface area contributed by atoms with E-state index in [0.717, 1.165) is 31.4 Å². The van der Waals surface area contributed by atoms with Gasteiger partial charge in [-0.25, -0.2) is 9.97 Å². The number of fused-ring (bicyclic) bond motifs is 1. The molecule has 22 heavy (non-hydrogen) atoms. The smallest absolute Gasteiger partial charge is 0.303 e. The monoisotopic (exact) mass is 330 g/mol. The molecule has 2 aromatic heterocycles. The molecular weight excluding hydrogens is 316 g/mol. The van der Waals surface area contributed by atoms with Crippen molar-refractivity contribution in [1.82, 2.24) is 9.97 Å². The van der Waals surface area contributed by atoms with Crippen molar-refractivity contribution in [3.8, 4) is 0 Å². The number of aryl methyl sites for hydroxylation is 1. The van der Waals surface area contributed by atoms with E-state index in [4.69, 9.17) is 5.11 Å². The number of allylic oxidation sites excluding steroid dienone is 1. The van der Waals surface area contributed by atoms with Crippen LogP contribution in [0, 0.1) is 6.92 Å².